The van der Waals surface area contributed by atoms with Crippen LogP contribution in [0, 0.1) is 0 Å². The summed E-state index contributed by atoms with van der Waals surface area (Å²) in [6, 6.07) is 9.68. The molecule has 0 saturated carbocycles. The molecule has 19 heteroatoms. The molecule has 0 unspecified atom stereocenters. The normalized spacial score (nSPS) is 14.8. The monoisotopic (exact) mass is 629 g/mol. The molecular formula is C22H12F17NO. The second-order valence-electron chi connectivity index (χ2n) is 8.25. The molecule has 0 bridgehead atoms. The Bertz CT molecular complexity index is 1170. The minimum absolute atomic E-state index is 0.233. The Morgan fingerprint density at radius 2 is 0.756 bits per heavy atom. The van der Waals surface area contributed by atoms with E-state index in [-0.39, 0.29) is 11.1 Å². The summed E-state index contributed by atoms with van der Waals surface area (Å²) in [6.45, 7) is 0. The van der Waals surface area contributed by atoms with Gasteiger partial charge in [-0.1, -0.05) is 60.7 Å². The van der Waals surface area contributed by atoms with Crippen LogP contribution >= 0.6 is 0 Å². The van der Waals surface area contributed by atoms with E-state index in [0.717, 1.165) is 29.6 Å². The van der Waals surface area contributed by atoms with E-state index in [0.29, 0.717) is 0 Å². The maximum atomic E-state index is 14.4. The van der Waals surface area contributed by atoms with Crippen LogP contribution in [0.15, 0.2) is 60.7 Å². The van der Waals surface area contributed by atoms with Crippen molar-refractivity contribution in [1.82, 2.24) is 5.32 Å². The third-order valence-corrected chi connectivity index (χ3v) is 5.55. The average Bonchev–Trinajstić information content (AvgIpc) is 2.86. The largest absolute Gasteiger partial charge is 0.460 e. The van der Waals surface area contributed by atoms with E-state index in [9.17, 15) is 79.4 Å². The standard InChI is InChI=1S/C22H12F17NO/c23-15(24,14(41)40-13(11-7-3-1-4-8-11)12-9-5-2-6-10-12)16(25,26)17(27,28)18(29,30)19(31,32)20(33,34)21(35,36)22(37,38)39/h1-10,13H,(H,40,41). The molecule has 2 rings (SSSR count). The van der Waals surface area contributed by atoms with E-state index >= 15 is 0 Å². The summed E-state index contributed by atoms with van der Waals surface area (Å²) in [5, 5.41) is 1.08. The Labute approximate surface area is 217 Å². The number of carbonyl (C=O) groups excluding carboxylic acids is 1. The van der Waals surface area contributed by atoms with Crippen LogP contribution in [0.25, 0.3) is 0 Å². The zero-order valence-corrected chi connectivity index (χ0v) is 19.2. The van der Waals surface area contributed by atoms with Gasteiger partial charge in [0.25, 0.3) is 5.91 Å². The molecule has 0 saturated heterocycles. The van der Waals surface area contributed by atoms with Gasteiger partial charge in [0, 0.05) is 0 Å². The number of rotatable bonds is 10. The van der Waals surface area contributed by atoms with Gasteiger partial charge < -0.3 is 5.32 Å². The summed E-state index contributed by atoms with van der Waals surface area (Å²) < 4.78 is 229. The zero-order valence-electron chi connectivity index (χ0n) is 19.2. The number of alkyl halides is 17. The molecule has 0 aliphatic heterocycles. The van der Waals surface area contributed by atoms with E-state index in [1.807, 2.05) is 0 Å². The fourth-order valence-corrected chi connectivity index (χ4v) is 3.18. The molecule has 1 N–H and O–H groups in total. The summed E-state index contributed by atoms with van der Waals surface area (Å²) in [5.41, 5.74) is -0.465. The zero-order chi connectivity index (χ0) is 32.1. The highest BCUT2D eigenvalue weighted by molar-refractivity contribution is 5.85. The van der Waals surface area contributed by atoms with Gasteiger partial charge in [-0.2, -0.15) is 74.6 Å². The first-order valence-electron chi connectivity index (χ1n) is 10.4. The van der Waals surface area contributed by atoms with Gasteiger partial charge in [0.05, 0.1) is 6.04 Å². The van der Waals surface area contributed by atoms with E-state index in [1.54, 1.807) is 0 Å². The molecule has 0 atom stereocenters. The van der Waals surface area contributed by atoms with E-state index in [2.05, 4.69) is 0 Å². The minimum Gasteiger partial charge on any atom is -0.340 e. The van der Waals surface area contributed by atoms with Gasteiger partial charge in [0.15, 0.2) is 0 Å². The van der Waals surface area contributed by atoms with Crippen LogP contribution in [0.3, 0.4) is 0 Å². The molecule has 230 valence electrons. The topological polar surface area (TPSA) is 29.1 Å². The Kier molecular flexibility index (Phi) is 8.45. The van der Waals surface area contributed by atoms with Gasteiger partial charge in [-0.25, -0.2) is 0 Å². The Morgan fingerprint density at radius 3 is 1.07 bits per heavy atom. The fourth-order valence-electron chi connectivity index (χ4n) is 3.18. The highest BCUT2D eigenvalue weighted by atomic mass is 19.4. The average molecular weight is 629 g/mol. The van der Waals surface area contributed by atoms with Crippen molar-refractivity contribution < 1.29 is 79.4 Å². The Hall–Kier alpha value is -3.28. The van der Waals surface area contributed by atoms with Gasteiger partial charge in [-0.05, 0) is 11.1 Å². The summed E-state index contributed by atoms with van der Waals surface area (Å²) in [6.07, 6.45) is -7.85. The fraction of sp³-hybridized carbons (Fsp3) is 0.409. The molecule has 41 heavy (non-hydrogen) atoms. The van der Waals surface area contributed by atoms with Crippen LogP contribution in [0.2, 0.25) is 0 Å². The summed E-state index contributed by atoms with van der Waals surface area (Å²) in [5.74, 6) is -61.9. The lowest BCUT2D eigenvalue weighted by Crippen LogP contribution is -2.75. The van der Waals surface area contributed by atoms with Gasteiger partial charge in [-0.15, -0.1) is 0 Å². The molecule has 0 fully saturated rings. The van der Waals surface area contributed by atoms with Crippen molar-refractivity contribution in [2.24, 2.45) is 0 Å². The summed E-state index contributed by atoms with van der Waals surface area (Å²) in [7, 11) is 0. The second kappa shape index (κ2) is 10.2. The van der Waals surface area contributed by atoms with Crippen molar-refractivity contribution in [3.05, 3.63) is 71.8 Å². The molecule has 0 spiro atoms. The van der Waals surface area contributed by atoms with Crippen molar-refractivity contribution in [2.75, 3.05) is 0 Å². The molecule has 1 amide bonds. The highest BCUT2D eigenvalue weighted by Crippen LogP contribution is 2.64. The molecule has 0 heterocycles. The van der Waals surface area contributed by atoms with Gasteiger partial charge in [0.2, 0.25) is 0 Å². The Balaban J connectivity index is 2.58. The summed E-state index contributed by atoms with van der Waals surface area (Å²) in [4.78, 5) is 12.1. The lowest BCUT2D eigenvalue weighted by molar-refractivity contribution is -0.459. The van der Waals surface area contributed by atoms with Crippen LogP contribution < -0.4 is 5.32 Å². The molecule has 0 aliphatic rings. The number of halogens is 17. The number of hydrogen-bond acceptors (Lipinski definition) is 1. The van der Waals surface area contributed by atoms with Crippen molar-refractivity contribution in [1.29, 1.82) is 0 Å². The lowest BCUT2D eigenvalue weighted by atomic mass is 9.88. The van der Waals surface area contributed by atoms with Crippen LogP contribution in [-0.4, -0.2) is 53.5 Å². The molecular weight excluding hydrogens is 617 g/mol. The summed E-state index contributed by atoms with van der Waals surface area (Å²) >= 11 is 0. The quantitative estimate of drug-likeness (QED) is 0.266. The first-order valence-corrected chi connectivity index (χ1v) is 10.4. The molecule has 0 aliphatic carbocycles. The van der Waals surface area contributed by atoms with Gasteiger partial charge in [0.1, 0.15) is 0 Å². The number of nitrogens with one attached hydrogen (secondary N) is 1. The number of carbonyl (C=O) groups is 1. The first-order chi connectivity index (χ1) is 18.2. The van der Waals surface area contributed by atoms with Crippen molar-refractivity contribution in [3.63, 3.8) is 0 Å². The SMILES string of the molecule is O=C(NC(c1ccccc1)c1ccccc1)C(F)(F)C(F)(F)C(F)(F)C(F)(F)C(F)(F)C(F)(F)C(F)(F)C(F)(F)F. The third-order valence-electron chi connectivity index (χ3n) is 5.55. The Morgan fingerprint density at radius 1 is 0.463 bits per heavy atom. The maximum Gasteiger partial charge on any atom is 0.460 e. The van der Waals surface area contributed by atoms with Crippen molar-refractivity contribution in [2.45, 2.75) is 53.7 Å². The van der Waals surface area contributed by atoms with Crippen molar-refractivity contribution >= 4 is 5.91 Å². The van der Waals surface area contributed by atoms with Crippen LogP contribution in [0.1, 0.15) is 17.2 Å². The molecule has 2 aromatic rings. The van der Waals surface area contributed by atoms with E-state index in [4.69, 9.17) is 0 Å². The molecule has 0 aromatic heterocycles. The third kappa shape index (κ3) is 5.04. The van der Waals surface area contributed by atoms with Crippen LogP contribution in [0.5, 0.6) is 0 Å². The van der Waals surface area contributed by atoms with Gasteiger partial charge >= 0.3 is 47.6 Å². The number of hydrogen-bond donors (Lipinski definition) is 1. The lowest BCUT2D eigenvalue weighted by Gasteiger charge is -2.42. The minimum atomic E-state index is -8.77. The molecule has 2 nitrogen and oxygen atoms in total. The van der Waals surface area contributed by atoms with Gasteiger partial charge in [-0.3, -0.25) is 4.79 Å². The number of benzene rings is 2. The first kappa shape index (κ1) is 33.9. The van der Waals surface area contributed by atoms with Crippen LogP contribution in [0.4, 0.5) is 74.6 Å². The second-order valence-corrected chi connectivity index (χ2v) is 8.25. The smallest absolute Gasteiger partial charge is 0.340 e. The predicted octanol–water partition coefficient (Wildman–Crippen LogP) is 7.90. The molecule has 0 radical (unpaired) electrons. The van der Waals surface area contributed by atoms with Crippen molar-refractivity contribution in [3.8, 4) is 0 Å². The number of amides is 1. The maximum absolute atomic E-state index is 14.4. The molecule has 2 aromatic carbocycles. The van der Waals surface area contributed by atoms with E-state index < -0.39 is 59.6 Å². The predicted molar refractivity (Wildman–Crippen MR) is 104 cm³/mol. The van der Waals surface area contributed by atoms with Crippen LogP contribution in [-0.2, 0) is 4.79 Å². The highest BCUT2D eigenvalue weighted by Gasteiger charge is 2.95. The van der Waals surface area contributed by atoms with E-state index in [1.165, 1.54) is 36.4 Å².